The highest BCUT2D eigenvalue weighted by molar-refractivity contribution is 7.86. The van der Waals surface area contributed by atoms with Crippen LogP contribution < -0.4 is 0 Å². The van der Waals surface area contributed by atoms with E-state index in [9.17, 15) is 8.42 Å². The summed E-state index contributed by atoms with van der Waals surface area (Å²) in [7, 11) is -3.39. The van der Waals surface area contributed by atoms with Crippen LogP contribution in [0.5, 0.6) is 0 Å². The molecule has 0 rings (SSSR count). The van der Waals surface area contributed by atoms with Crippen molar-refractivity contribution in [2.45, 2.75) is 52.9 Å². The lowest BCUT2D eigenvalue weighted by atomic mass is 10.2. The summed E-state index contributed by atoms with van der Waals surface area (Å²) in [6.45, 7) is 6.33. The number of rotatable bonds is 10. The highest BCUT2D eigenvalue weighted by atomic mass is 32.2. The van der Waals surface area contributed by atoms with Crippen LogP contribution in [0.25, 0.3) is 0 Å². The molecule has 0 saturated heterocycles. The zero-order valence-corrected chi connectivity index (χ0v) is 12.6. The molecule has 1 atom stereocenters. The second-order valence-electron chi connectivity index (χ2n) is 4.56. The average molecular weight is 274 g/mol. The van der Waals surface area contributed by atoms with Crippen LogP contribution in [-0.2, 0) is 14.3 Å². The molecule has 0 saturated carbocycles. The van der Waals surface area contributed by atoms with E-state index in [2.05, 4.69) is 19.6 Å². The Morgan fingerprint density at radius 1 is 1.22 bits per heavy atom. The van der Waals surface area contributed by atoms with Crippen molar-refractivity contribution in [3.63, 3.8) is 0 Å². The number of allylic oxidation sites excluding steroid dienone is 1. The Labute approximate surface area is 112 Å². The van der Waals surface area contributed by atoms with Gasteiger partial charge in [0.05, 0.1) is 12.4 Å². The number of hydrogen-bond donors (Lipinski definition) is 0. The van der Waals surface area contributed by atoms with Gasteiger partial charge in [-0.05, 0) is 30.9 Å². The first-order valence-corrected chi connectivity index (χ1v) is 8.37. The lowest BCUT2D eigenvalue weighted by Crippen LogP contribution is -2.16. The van der Waals surface area contributed by atoms with E-state index in [1.54, 1.807) is 6.08 Å². The molecule has 0 aliphatic rings. The van der Waals surface area contributed by atoms with E-state index in [-0.39, 0.29) is 11.7 Å². The van der Waals surface area contributed by atoms with Crippen molar-refractivity contribution in [2.24, 2.45) is 5.92 Å². The highest BCUT2D eigenvalue weighted by Crippen LogP contribution is 2.06. The van der Waals surface area contributed by atoms with Crippen LogP contribution in [0.3, 0.4) is 0 Å². The minimum Gasteiger partial charge on any atom is -0.270 e. The van der Waals surface area contributed by atoms with Crippen molar-refractivity contribution in [3.05, 3.63) is 17.9 Å². The molecule has 0 amide bonds. The molecule has 0 aliphatic carbocycles. The van der Waals surface area contributed by atoms with E-state index in [4.69, 9.17) is 4.18 Å². The Balaban J connectivity index is 4.03. The minimum absolute atomic E-state index is 0.0338. The molecule has 0 aromatic rings. The fourth-order valence-corrected chi connectivity index (χ4v) is 2.62. The van der Waals surface area contributed by atoms with E-state index in [1.807, 2.05) is 13.0 Å². The zero-order chi connectivity index (χ0) is 13.9. The molecule has 0 aromatic carbocycles. The molecule has 18 heavy (non-hydrogen) atoms. The van der Waals surface area contributed by atoms with Gasteiger partial charge >= 0.3 is 0 Å². The van der Waals surface area contributed by atoms with Gasteiger partial charge in [-0.15, -0.1) is 5.73 Å². The van der Waals surface area contributed by atoms with Gasteiger partial charge in [-0.1, -0.05) is 40.0 Å². The van der Waals surface area contributed by atoms with E-state index in [1.165, 1.54) is 0 Å². The summed E-state index contributed by atoms with van der Waals surface area (Å²) in [6.07, 6.45) is 8.65. The Hall–Kier alpha value is -0.570. The van der Waals surface area contributed by atoms with Crippen molar-refractivity contribution >= 4 is 10.1 Å². The van der Waals surface area contributed by atoms with Gasteiger partial charge in [0.2, 0.25) is 0 Å². The van der Waals surface area contributed by atoms with Gasteiger partial charge in [0, 0.05) is 0 Å². The number of hydrogen-bond acceptors (Lipinski definition) is 3. The van der Waals surface area contributed by atoms with Gasteiger partial charge in [0.1, 0.15) is 0 Å². The second-order valence-corrected chi connectivity index (χ2v) is 6.24. The summed E-state index contributed by atoms with van der Waals surface area (Å²) >= 11 is 0. The van der Waals surface area contributed by atoms with E-state index in [0.29, 0.717) is 6.61 Å². The summed E-state index contributed by atoms with van der Waals surface area (Å²) < 4.78 is 28.2. The normalized spacial score (nSPS) is 12.8. The van der Waals surface area contributed by atoms with Crippen molar-refractivity contribution in [1.29, 1.82) is 0 Å². The number of unbranched alkanes of at least 4 members (excludes halogenated alkanes) is 3. The largest absolute Gasteiger partial charge is 0.270 e. The Kier molecular flexibility index (Phi) is 10.0. The molecule has 0 radical (unpaired) electrons. The zero-order valence-electron chi connectivity index (χ0n) is 11.8. The summed E-state index contributed by atoms with van der Waals surface area (Å²) in [5.74, 6) is -0.0270. The van der Waals surface area contributed by atoms with Crippen LogP contribution in [0.15, 0.2) is 17.9 Å². The SMILES string of the molecule is CCCC=C=CC(C)CS(=O)(=O)OCCCCC. The van der Waals surface area contributed by atoms with Crippen LogP contribution in [0, 0.1) is 5.92 Å². The summed E-state index contributed by atoms with van der Waals surface area (Å²) in [5, 5.41) is 0. The molecule has 0 bridgehead atoms. The third-order valence-electron chi connectivity index (χ3n) is 2.41. The van der Waals surface area contributed by atoms with Gasteiger partial charge in [-0.25, -0.2) is 0 Å². The predicted molar refractivity (Wildman–Crippen MR) is 76.0 cm³/mol. The van der Waals surface area contributed by atoms with Crippen LogP contribution in [0.2, 0.25) is 0 Å². The molecule has 0 aromatic heterocycles. The molecule has 0 heterocycles. The van der Waals surface area contributed by atoms with Gasteiger partial charge in [0.25, 0.3) is 10.1 Å². The molecule has 0 spiro atoms. The maximum atomic E-state index is 11.6. The molecule has 0 fully saturated rings. The summed E-state index contributed by atoms with van der Waals surface area (Å²) in [6, 6.07) is 0. The monoisotopic (exact) mass is 274 g/mol. The van der Waals surface area contributed by atoms with Crippen molar-refractivity contribution in [1.82, 2.24) is 0 Å². The maximum Gasteiger partial charge on any atom is 0.267 e. The molecule has 0 aliphatic heterocycles. The standard InChI is InChI=1S/C14H26O3S/c1-4-6-8-9-11-14(3)13-18(15,16)17-12-10-7-5-2/h8,11,14H,4-7,10,12-13H2,1-3H3. The summed E-state index contributed by atoms with van der Waals surface area (Å²) in [4.78, 5) is 0. The first-order chi connectivity index (χ1) is 8.52. The third kappa shape index (κ3) is 10.6. The van der Waals surface area contributed by atoms with Crippen molar-refractivity contribution < 1.29 is 12.6 Å². The quantitative estimate of drug-likeness (QED) is 0.347. The van der Waals surface area contributed by atoms with Gasteiger partial charge < -0.3 is 0 Å². The van der Waals surface area contributed by atoms with Crippen molar-refractivity contribution in [2.75, 3.05) is 12.4 Å². The first kappa shape index (κ1) is 17.4. The van der Waals surface area contributed by atoms with E-state index < -0.39 is 10.1 Å². The van der Waals surface area contributed by atoms with Gasteiger partial charge in [0.15, 0.2) is 0 Å². The average Bonchev–Trinajstić information content (AvgIpc) is 2.30. The molecule has 1 unspecified atom stereocenters. The van der Waals surface area contributed by atoms with E-state index >= 15 is 0 Å². The van der Waals surface area contributed by atoms with Gasteiger partial charge in [-0.2, -0.15) is 8.42 Å². The smallest absolute Gasteiger partial charge is 0.267 e. The molecule has 3 nitrogen and oxygen atoms in total. The van der Waals surface area contributed by atoms with Crippen LogP contribution in [0.4, 0.5) is 0 Å². The van der Waals surface area contributed by atoms with Gasteiger partial charge in [-0.3, -0.25) is 4.18 Å². The summed E-state index contributed by atoms with van der Waals surface area (Å²) in [5.41, 5.74) is 3.02. The minimum atomic E-state index is -3.39. The topological polar surface area (TPSA) is 43.4 Å². The van der Waals surface area contributed by atoms with Crippen LogP contribution in [-0.4, -0.2) is 20.8 Å². The molecule has 106 valence electrons. The second kappa shape index (κ2) is 10.4. The van der Waals surface area contributed by atoms with E-state index in [0.717, 1.165) is 32.1 Å². The maximum absolute atomic E-state index is 11.6. The fraction of sp³-hybridized carbons (Fsp3) is 0.786. The Bertz CT molecular complexity index is 351. The highest BCUT2D eigenvalue weighted by Gasteiger charge is 2.14. The Morgan fingerprint density at radius 2 is 1.94 bits per heavy atom. The molecule has 4 heteroatoms. The molecular formula is C14H26O3S. The fourth-order valence-electron chi connectivity index (χ4n) is 1.42. The lowest BCUT2D eigenvalue weighted by molar-refractivity contribution is 0.306. The predicted octanol–water partition coefficient (Wildman–Crippen LogP) is 3.67. The van der Waals surface area contributed by atoms with Crippen LogP contribution in [0.1, 0.15) is 52.9 Å². The molecule has 0 N–H and O–H groups in total. The van der Waals surface area contributed by atoms with Crippen molar-refractivity contribution in [3.8, 4) is 0 Å². The molecular weight excluding hydrogens is 248 g/mol. The lowest BCUT2D eigenvalue weighted by Gasteiger charge is -2.07. The first-order valence-electron chi connectivity index (χ1n) is 6.80. The Morgan fingerprint density at radius 3 is 2.56 bits per heavy atom. The third-order valence-corrected chi connectivity index (χ3v) is 3.87. The van der Waals surface area contributed by atoms with Crippen LogP contribution >= 0.6 is 0 Å².